The zero-order chi connectivity index (χ0) is 20.9. The van der Waals surface area contributed by atoms with E-state index in [0.29, 0.717) is 29.2 Å². The van der Waals surface area contributed by atoms with Gasteiger partial charge in [-0.2, -0.15) is 0 Å². The van der Waals surface area contributed by atoms with Crippen LogP contribution in [0.3, 0.4) is 0 Å². The Bertz CT molecular complexity index is 961. The van der Waals surface area contributed by atoms with Crippen LogP contribution in [0.2, 0.25) is 5.02 Å². The Balaban J connectivity index is 2.52. The van der Waals surface area contributed by atoms with Crippen molar-refractivity contribution in [2.24, 2.45) is 0 Å². The highest BCUT2D eigenvalue weighted by Crippen LogP contribution is 2.36. The molecular weight excluding hydrogens is 406 g/mol. The normalized spacial score (nSPS) is 12.4. The number of ether oxygens (including phenoxy) is 2. The molecule has 0 radical (unpaired) electrons. The molecule has 0 heterocycles. The lowest BCUT2D eigenvalue weighted by Crippen LogP contribution is -2.16. The third kappa shape index (κ3) is 5.59. The average molecular weight is 428 g/mol. The lowest BCUT2D eigenvalue weighted by Gasteiger charge is -2.19. The van der Waals surface area contributed by atoms with E-state index in [4.69, 9.17) is 21.1 Å². The summed E-state index contributed by atoms with van der Waals surface area (Å²) in [7, 11) is -1.84. The quantitative estimate of drug-likeness (QED) is 0.443. The van der Waals surface area contributed by atoms with Gasteiger partial charge in [-0.1, -0.05) is 29.8 Å². The fraction of sp³-hybridized carbons (Fsp3) is 0.368. The molecule has 28 heavy (non-hydrogen) atoms. The van der Waals surface area contributed by atoms with Crippen LogP contribution < -0.4 is 9.47 Å². The first-order valence-corrected chi connectivity index (χ1v) is 11.0. The maximum atomic E-state index is 12.0. The fourth-order valence-electron chi connectivity index (χ4n) is 3.05. The van der Waals surface area contributed by atoms with Crippen molar-refractivity contribution < 1.29 is 22.8 Å². The minimum Gasteiger partial charge on any atom is -0.493 e. The van der Waals surface area contributed by atoms with Crippen LogP contribution in [-0.2, 0) is 16.3 Å². The molecular formula is C19H22ClNO6S. The van der Waals surface area contributed by atoms with Crippen molar-refractivity contribution in [3.63, 3.8) is 0 Å². The first kappa shape index (κ1) is 22.0. The third-order valence-corrected chi connectivity index (χ3v) is 5.49. The Morgan fingerprint density at radius 1 is 1.21 bits per heavy atom. The molecule has 0 N–H and O–H groups in total. The number of hydrogen-bond donors (Lipinski definition) is 0. The number of para-hydroxylation sites is 1. The van der Waals surface area contributed by atoms with E-state index in [2.05, 4.69) is 0 Å². The van der Waals surface area contributed by atoms with E-state index in [1.807, 2.05) is 6.92 Å². The van der Waals surface area contributed by atoms with Gasteiger partial charge in [0, 0.05) is 17.7 Å². The molecule has 0 unspecified atom stereocenters. The third-order valence-electron chi connectivity index (χ3n) is 4.18. The summed E-state index contributed by atoms with van der Waals surface area (Å²) in [5.41, 5.74) is 0.852. The van der Waals surface area contributed by atoms with Crippen molar-refractivity contribution in [1.29, 1.82) is 0 Å². The van der Waals surface area contributed by atoms with Crippen molar-refractivity contribution >= 4 is 27.1 Å². The summed E-state index contributed by atoms with van der Waals surface area (Å²) < 4.78 is 34.9. The highest BCUT2D eigenvalue weighted by Gasteiger charge is 2.25. The molecule has 0 fully saturated rings. The maximum absolute atomic E-state index is 12.0. The molecule has 0 saturated heterocycles. The fourth-order valence-corrected chi connectivity index (χ4v) is 4.35. The van der Waals surface area contributed by atoms with E-state index < -0.39 is 20.7 Å². The van der Waals surface area contributed by atoms with Crippen molar-refractivity contribution in [3.8, 4) is 11.5 Å². The van der Waals surface area contributed by atoms with Crippen LogP contribution in [-0.4, -0.2) is 39.1 Å². The van der Waals surface area contributed by atoms with Gasteiger partial charge in [0.2, 0.25) is 0 Å². The van der Waals surface area contributed by atoms with Crippen LogP contribution in [0.25, 0.3) is 0 Å². The van der Waals surface area contributed by atoms with Gasteiger partial charge < -0.3 is 9.47 Å². The van der Waals surface area contributed by atoms with Gasteiger partial charge in [0.15, 0.2) is 11.5 Å². The Morgan fingerprint density at radius 3 is 2.50 bits per heavy atom. The van der Waals surface area contributed by atoms with Gasteiger partial charge in [-0.05, 0) is 37.1 Å². The molecule has 0 aliphatic carbocycles. The topological polar surface area (TPSA) is 95.7 Å². The van der Waals surface area contributed by atoms with Gasteiger partial charge >= 0.3 is 0 Å². The zero-order valence-corrected chi connectivity index (χ0v) is 17.4. The van der Waals surface area contributed by atoms with E-state index in [0.717, 1.165) is 6.26 Å². The summed E-state index contributed by atoms with van der Waals surface area (Å²) in [6, 6.07) is 9.80. The van der Waals surface area contributed by atoms with Crippen LogP contribution in [0, 0.1) is 10.1 Å². The molecule has 2 rings (SSSR count). The number of benzene rings is 2. The maximum Gasteiger partial charge on any atom is 0.291 e. The highest BCUT2D eigenvalue weighted by molar-refractivity contribution is 7.90. The molecule has 0 amide bonds. The molecule has 0 spiro atoms. The molecule has 2 aromatic rings. The molecule has 2 aromatic carbocycles. The predicted molar refractivity (Wildman–Crippen MR) is 108 cm³/mol. The number of hydrogen-bond acceptors (Lipinski definition) is 6. The molecule has 0 aliphatic rings. The predicted octanol–water partition coefficient (Wildman–Crippen LogP) is 4.03. The minimum absolute atomic E-state index is 0.0188. The number of methoxy groups -OCH3 is 1. The Labute approximate surface area is 169 Å². The molecule has 1 atom stereocenters. The Morgan fingerprint density at radius 2 is 1.93 bits per heavy atom. The molecule has 0 saturated carbocycles. The van der Waals surface area contributed by atoms with E-state index in [9.17, 15) is 18.5 Å². The molecule has 0 bridgehead atoms. The van der Waals surface area contributed by atoms with E-state index in [-0.39, 0.29) is 22.9 Å². The van der Waals surface area contributed by atoms with Gasteiger partial charge in [-0.25, -0.2) is 8.42 Å². The van der Waals surface area contributed by atoms with E-state index >= 15 is 0 Å². The summed E-state index contributed by atoms with van der Waals surface area (Å²) in [5, 5.41) is 11.5. The number of halogens is 1. The van der Waals surface area contributed by atoms with Gasteiger partial charge in [-0.15, -0.1) is 0 Å². The van der Waals surface area contributed by atoms with Crippen LogP contribution in [0.5, 0.6) is 11.5 Å². The van der Waals surface area contributed by atoms with Gasteiger partial charge in [0.05, 0.1) is 24.4 Å². The molecule has 152 valence electrons. The van der Waals surface area contributed by atoms with E-state index in [1.54, 1.807) is 30.3 Å². The first-order chi connectivity index (χ1) is 13.2. The summed E-state index contributed by atoms with van der Waals surface area (Å²) in [5.74, 6) is 0.325. The minimum atomic E-state index is -3.35. The van der Waals surface area contributed by atoms with Crippen LogP contribution in [0.15, 0.2) is 36.4 Å². The van der Waals surface area contributed by atoms with Crippen molar-refractivity contribution in [2.75, 3.05) is 25.7 Å². The number of nitro benzene ring substituents is 1. The standard InChI is InChI=1S/C19H22ClNO6S/c1-4-27-18-11-13(8-9-17(18)26-2)15(12-28(3,24)25)10-14-6-5-7-16(20)19(14)21(22)23/h5-9,11,15H,4,10,12H2,1-3H3/t15-/m1/s1. The largest absolute Gasteiger partial charge is 0.493 e. The first-order valence-electron chi connectivity index (χ1n) is 8.56. The van der Waals surface area contributed by atoms with Gasteiger partial charge in [0.25, 0.3) is 5.69 Å². The molecule has 9 heteroatoms. The lowest BCUT2D eigenvalue weighted by atomic mass is 9.92. The summed E-state index contributed by atoms with van der Waals surface area (Å²) in [6.07, 6.45) is 1.28. The van der Waals surface area contributed by atoms with Crippen LogP contribution in [0.1, 0.15) is 24.0 Å². The van der Waals surface area contributed by atoms with E-state index in [1.165, 1.54) is 13.2 Å². The second-order valence-electron chi connectivity index (χ2n) is 6.34. The zero-order valence-electron chi connectivity index (χ0n) is 15.8. The van der Waals surface area contributed by atoms with Crippen LogP contribution >= 0.6 is 11.6 Å². The lowest BCUT2D eigenvalue weighted by molar-refractivity contribution is -0.385. The summed E-state index contributed by atoms with van der Waals surface area (Å²) in [4.78, 5) is 10.9. The Kier molecular flexibility index (Phi) is 7.26. The smallest absolute Gasteiger partial charge is 0.291 e. The SMILES string of the molecule is CCOc1cc([C@H](Cc2cccc(Cl)c2[N+](=O)[O-])CS(C)(=O)=O)ccc1OC. The average Bonchev–Trinajstić information content (AvgIpc) is 2.60. The second kappa shape index (κ2) is 9.25. The molecule has 0 aromatic heterocycles. The van der Waals surface area contributed by atoms with Crippen molar-refractivity contribution in [3.05, 3.63) is 62.7 Å². The number of nitrogens with zero attached hydrogens (tertiary/aromatic N) is 1. The molecule has 7 nitrogen and oxygen atoms in total. The number of rotatable bonds is 9. The Hall–Kier alpha value is -2.32. The highest BCUT2D eigenvalue weighted by atomic mass is 35.5. The monoisotopic (exact) mass is 427 g/mol. The summed E-state index contributed by atoms with van der Waals surface area (Å²) >= 11 is 6.00. The van der Waals surface area contributed by atoms with Crippen molar-refractivity contribution in [1.82, 2.24) is 0 Å². The van der Waals surface area contributed by atoms with Crippen LogP contribution in [0.4, 0.5) is 5.69 Å². The number of nitro groups is 1. The van der Waals surface area contributed by atoms with Gasteiger partial charge in [-0.3, -0.25) is 10.1 Å². The second-order valence-corrected chi connectivity index (χ2v) is 8.93. The van der Waals surface area contributed by atoms with Gasteiger partial charge in [0.1, 0.15) is 14.9 Å². The number of sulfone groups is 1. The molecule has 0 aliphatic heterocycles. The van der Waals surface area contributed by atoms with Crippen molar-refractivity contribution in [2.45, 2.75) is 19.3 Å². The summed E-state index contributed by atoms with van der Waals surface area (Å²) in [6.45, 7) is 2.24.